The number of amides is 1. The zero-order valence-electron chi connectivity index (χ0n) is 19.1. The summed E-state index contributed by atoms with van der Waals surface area (Å²) in [6.45, 7) is 3.26. The molecule has 0 aliphatic rings. The molecule has 1 N–H and O–H groups in total. The van der Waals surface area contributed by atoms with Crippen molar-refractivity contribution in [3.8, 4) is 11.5 Å². The van der Waals surface area contributed by atoms with E-state index in [0.29, 0.717) is 16.8 Å². The number of carbonyl (C=O) groups is 4. The van der Waals surface area contributed by atoms with E-state index in [2.05, 4.69) is 5.32 Å². The Balaban J connectivity index is 1.57. The van der Waals surface area contributed by atoms with Gasteiger partial charge in [-0.15, -0.1) is 0 Å². The van der Waals surface area contributed by atoms with Crippen molar-refractivity contribution in [3.63, 3.8) is 0 Å². The predicted octanol–water partition coefficient (Wildman–Crippen LogP) is 4.66. The highest BCUT2D eigenvalue weighted by Crippen LogP contribution is 2.21. The number of ether oxygens (including phenoxy) is 3. The van der Waals surface area contributed by atoms with E-state index < -0.39 is 17.9 Å². The van der Waals surface area contributed by atoms with Crippen LogP contribution >= 0.6 is 0 Å². The molecule has 0 spiro atoms. The molecule has 0 atom stereocenters. The van der Waals surface area contributed by atoms with Crippen LogP contribution in [0.1, 0.15) is 40.1 Å². The summed E-state index contributed by atoms with van der Waals surface area (Å²) in [4.78, 5) is 47.6. The summed E-state index contributed by atoms with van der Waals surface area (Å²) in [6.07, 6.45) is 2.96. The highest BCUT2D eigenvalue weighted by molar-refractivity contribution is 6.02. The average molecular weight is 473 g/mol. The summed E-state index contributed by atoms with van der Waals surface area (Å²) >= 11 is 0. The van der Waals surface area contributed by atoms with Crippen molar-refractivity contribution in [2.24, 2.45) is 0 Å². The van der Waals surface area contributed by atoms with Crippen molar-refractivity contribution >= 4 is 35.6 Å². The van der Waals surface area contributed by atoms with Crippen LogP contribution in [-0.4, -0.2) is 30.4 Å². The van der Waals surface area contributed by atoms with E-state index in [4.69, 9.17) is 14.2 Å². The van der Waals surface area contributed by atoms with E-state index in [1.54, 1.807) is 73.7 Å². The zero-order chi connectivity index (χ0) is 25.2. The van der Waals surface area contributed by atoms with Crippen molar-refractivity contribution in [2.75, 3.05) is 11.9 Å². The van der Waals surface area contributed by atoms with Gasteiger partial charge >= 0.3 is 17.9 Å². The zero-order valence-corrected chi connectivity index (χ0v) is 19.1. The fraction of sp³-hybridized carbons (Fsp3) is 0.111. The number of carbonyl (C=O) groups excluding carboxylic acids is 4. The van der Waals surface area contributed by atoms with Crippen LogP contribution in [0, 0.1) is 0 Å². The van der Waals surface area contributed by atoms with Gasteiger partial charge in [-0.3, -0.25) is 9.59 Å². The third-order valence-corrected chi connectivity index (χ3v) is 4.54. The number of benzene rings is 3. The summed E-state index contributed by atoms with van der Waals surface area (Å²) in [6, 6.07) is 19.2. The molecule has 178 valence electrons. The van der Waals surface area contributed by atoms with Crippen molar-refractivity contribution in [3.05, 3.63) is 95.6 Å². The molecule has 1 amide bonds. The van der Waals surface area contributed by atoms with Crippen molar-refractivity contribution in [2.45, 2.75) is 13.8 Å². The monoisotopic (exact) mass is 473 g/mol. The van der Waals surface area contributed by atoms with E-state index in [1.165, 1.54) is 25.1 Å². The summed E-state index contributed by atoms with van der Waals surface area (Å²) < 4.78 is 15.3. The molecule has 8 nitrogen and oxygen atoms in total. The Kier molecular flexibility index (Phi) is 8.50. The summed E-state index contributed by atoms with van der Waals surface area (Å²) in [7, 11) is 0. The Bertz CT molecular complexity index is 1250. The van der Waals surface area contributed by atoms with Gasteiger partial charge in [-0.25, -0.2) is 9.59 Å². The molecule has 3 rings (SSSR count). The van der Waals surface area contributed by atoms with Gasteiger partial charge in [0.25, 0.3) is 0 Å². The molecule has 0 bridgehead atoms. The number of rotatable bonds is 8. The Labute approximate surface area is 202 Å². The van der Waals surface area contributed by atoms with E-state index in [-0.39, 0.29) is 29.6 Å². The first kappa shape index (κ1) is 24.9. The van der Waals surface area contributed by atoms with Gasteiger partial charge in [-0.1, -0.05) is 24.3 Å². The van der Waals surface area contributed by atoms with E-state index in [1.807, 2.05) is 0 Å². The lowest BCUT2D eigenvalue weighted by atomic mass is 10.2. The van der Waals surface area contributed by atoms with Crippen LogP contribution in [0.2, 0.25) is 0 Å². The number of hydrogen-bond acceptors (Lipinski definition) is 7. The number of anilines is 1. The number of nitrogens with one attached hydrogen (secondary N) is 1. The lowest BCUT2D eigenvalue weighted by Gasteiger charge is -2.09. The molecule has 0 radical (unpaired) electrons. The number of esters is 3. The molecular formula is C27H23NO7. The minimum atomic E-state index is -0.668. The first-order valence-corrected chi connectivity index (χ1v) is 10.7. The fourth-order valence-corrected chi connectivity index (χ4v) is 2.95. The third-order valence-electron chi connectivity index (χ3n) is 4.54. The molecule has 0 saturated carbocycles. The standard InChI is InChI=1S/C27H23NO7/c1-3-33-26(31)20-11-13-21(14-12-20)28-25(30)17-10-19-8-15-22(16-9-19)35-27(32)23-6-4-5-7-24(23)34-18(2)29/h4-17H,3H2,1-2H3,(H,28,30). The second-order valence-electron chi connectivity index (χ2n) is 7.17. The van der Waals surface area contributed by atoms with Crippen LogP contribution in [-0.2, 0) is 14.3 Å². The quantitative estimate of drug-likeness (QED) is 0.288. The average Bonchev–Trinajstić information content (AvgIpc) is 2.84. The van der Waals surface area contributed by atoms with Gasteiger partial charge in [0.15, 0.2) is 0 Å². The van der Waals surface area contributed by atoms with Crippen LogP contribution in [0.3, 0.4) is 0 Å². The smallest absolute Gasteiger partial charge is 0.347 e. The molecule has 0 aromatic heterocycles. The van der Waals surface area contributed by atoms with Gasteiger partial charge < -0.3 is 19.5 Å². The minimum absolute atomic E-state index is 0.117. The van der Waals surface area contributed by atoms with Crippen LogP contribution < -0.4 is 14.8 Å². The maximum atomic E-state index is 12.5. The third kappa shape index (κ3) is 7.40. The van der Waals surface area contributed by atoms with Crippen LogP contribution in [0.25, 0.3) is 6.08 Å². The SMILES string of the molecule is CCOC(=O)c1ccc(NC(=O)C=Cc2ccc(OC(=O)c3ccccc3OC(C)=O)cc2)cc1. The molecule has 0 aliphatic carbocycles. The van der Waals surface area contributed by atoms with Gasteiger partial charge in [-0.2, -0.15) is 0 Å². The van der Waals surface area contributed by atoms with Gasteiger partial charge in [-0.05, 0) is 67.1 Å². The Morgan fingerprint density at radius 3 is 2.17 bits per heavy atom. The van der Waals surface area contributed by atoms with Crippen molar-refractivity contribution in [1.29, 1.82) is 0 Å². The Morgan fingerprint density at radius 1 is 0.829 bits per heavy atom. The first-order chi connectivity index (χ1) is 16.9. The van der Waals surface area contributed by atoms with Crippen molar-refractivity contribution in [1.82, 2.24) is 0 Å². The summed E-state index contributed by atoms with van der Waals surface area (Å²) in [5.41, 5.74) is 1.76. The highest BCUT2D eigenvalue weighted by Gasteiger charge is 2.15. The molecule has 3 aromatic rings. The lowest BCUT2D eigenvalue weighted by Crippen LogP contribution is -2.12. The molecule has 0 unspecified atom stereocenters. The maximum absolute atomic E-state index is 12.5. The second kappa shape index (κ2) is 11.9. The largest absolute Gasteiger partial charge is 0.462 e. The van der Waals surface area contributed by atoms with E-state index in [0.717, 1.165) is 0 Å². The minimum Gasteiger partial charge on any atom is -0.462 e. The van der Waals surface area contributed by atoms with Crippen LogP contribution in [0.5, 0.6) is 11.5 Å². The maximum Gasteiger partial charge on any atom is 0.347 e. The first-order valence-electron chi connectivity index (χ1n) is 10.7. The van der Waals surface area contributed by atoms with E-state index in [9.17, 15) is 19.2 Å². The molecular weight excluding hydrogens is 450 g/mol. The molecule has 35 heavy (non-hydrogen) atoms. The van der Waals surface area contributed by atoms with Gasteiger partial charge in [0.1, 0.15) is 17.1 Å². The number of para-hydroxylation sites is 1. The second-order valence-corrected chi connectivity index (χ2v) is 7.17. The van der Waals surface area contributed by atoms with Crippen LogP contribution in [0.4, 0.5) is 5.69 Å². The summed E-state index contributed by atoms with van der Waals surface area (Å²) in [5.74, 6) is -1.58. The van der Waals surface area contributed by atoms with Gasteiger partial charge in [0, 0.05) is 18.7 Å². The predicted molar refractivity (Wildman–Crippen MR) is 129 cm³/mol. The summed E-state index contributed by atoms with van der Waals surface area (Å²) in [5, 5.41) is 2.70. The molecule has 0 aliphatic heterocycles. The van der Waals surface area contributed by atoms with Crippen molar-refractivity contribution < 1.29 is 33.4 Å². The van der Waals surface area contributed by atoms with Crippen LogP contribution in [0.15, 0.2) is 78.9 Å². The van der Waals surface area contributed by atoms with Gasteiger partial charge in [0.05, 0.1) is 12.2 Å². The van der Waals surface area contributed by atoms with Gasteiger partial charge in [0.2, 0.25) is 5.91 Å². The molecule has 8 heteroatoms. The topological polar surface area (TPSA) is 108 Å². The Hall–Kier alpha value is -4.72. The fourth-order valence-electron chi connectivity index (χ4n) is 2.95. The molecule has 0 saturated heterocycles. The normalized spacial score (nSPS) is 10.5. The lowest BCUT2D eigenvalue weighted by molar-refractivity contribution is -0.131. The number of hydrogen-bond donors (Lipinski definition) is 1. The van der Waals surface area contributed by atoms with E-state index >= 15 is 0 Å². The molecule has 3 aromatic carbocycles. The molecule has 0 heterocycles. The Morgan fingerprint density at radius 2 is 1.51 bits per heavy atom. The highest BCUT2D eigenvalue weighted by atomic mass is 16.6. The molecule has 0 fully saturated rings.